The van der Waals surface area contributed by atoms with Gasteiger partial charge in [-0.2, -0.15) is 0 Å². The fourth-order valence-corrected chi connectivity index (χ4v) is 2.47. The highest BCUT2D eigenvalue weighted by molar-refractivity contribution is 5.99. The quantitative estimate of drug-likeness (QED) is 0.449. The number of nitrogens with two attached hydrogens (primary N) is 2. The van der Waals surface area contributed by atoms with Crippen LogP contribution in [0.3, 0.4) is 0 Å². The number of hydrogen-bond acceptors (Lipinski definition) is 6. The molecule has 5 N–H and O–H groups in total. The second-order valence-corrected chi connectivity index (χ2v) is 5.13. The van der Waals surface area contributed by atoms with Gasteiger partial charge in [-0.05, 0) is 25.0 Å². The van der Waals surface area contributed by atoms with Gasteiger partial charge in [0.05, 0.1) is 12.7 Å². The van der Waals surface area contributed by atoms with Crippen LogP contribution in [0.4, 0.5) is 11.4 Å². The summed E-state index contributed by atoms with van der Waals surface area (Å²) in [4.78, 5) is 16.1. The fraction of sp³-hybridized carbons (Fsp3) is 0.500. The Balaban J connectivity index is 0.00000116. The number of hydrogen-bond donors (Lipinski definition) is 3. The number of aliphatic hydroxyl groups is 1. The third-order valence-electron chi connectivity index (χ3n) is 3.66. The Kier molecular flexibility index (Phi) is 7.39. The second kappa shape index (κ2) is 9.04. The number of nitrogens with zero attached hydrogens (tertiary/aromatic N) is 1. The lowest BCUT2D eigenvalue weighted by Gasteiger charge is -2.17. The fourth-order valence-electron chi connectivity index (χ4n) is 2.47. The molecule has 0 aromatic heterocycles. The number of aliphatic imine (C=N–C) groups is 1. The first kappa shape index (κ1) is 18.0. The molecule has 0 saturated heterocycles. The SMILES string of the molecule is CO.COC(=O)c1cc(N)c(C=NC2CCCCC2)cc1N. The molecule has 6 nitrogen and oxygen atoms in total. The van der Waals surface area contributed by atoms with Crippen LogP contribution in [-0.4, -0.2) is 37.6 Å². The van der Waals surface area contributed by atoms with Crippen molar-refractivity contribution in [2.24, 2.45) is 4.99 Å². The van der Waals surface area contributed by atoms with Gasteiger partial charge in [-0.3, -0.25) is 4.99 Å². The average molecular weight is 307 g/mol. The summed E-state index contributed by atoms with van der Waals surface area (Å²) in [5.74, 6) is -0.482. The third-order valence-corrected chi connectivity index (χ3v) is 3.66. The normalized spacial score (nSPS) is 15.2. The minimum Gasteiger partial charge on any atom is -0.465 e. The van der Waals surface area contributed by atoms with Crippen LogP contribution in [0, 0.1) is 0 Å². The maximum Gasteiger partial charge on any atom is 0.340 e. The Hall–Kier alpha value is -2.08. The maximum absolute atomic E-state index is 11.5. The molecule has 6 heteroatoms. The molecular formula is C16H25N3O3. The number of benzene rings is 1. The first-order valence-corrected chi connectivity index (χ1v) is 7.37. The summed E-state index contributed by atoms with van der Waals surface area (Å²) in [5, 5.41) is 7.00. The Morgan fingerprint density at radius 2 is 1.86 bits per heavy atom. The second-order valence-electron chi connectivity index (χ2n) is 5.13. The molecule has 2 rings (SSSR count). The van der Waals surface area contributed by atoms with Gasteiger partial charge in [0.25, 0.3) is 0 Å². The topological polar surface area (TPSA) is 111 Å². The van der Waals surface area contributed by atoms with E-state index < -0.39 is 5.97 Å². The predicted molar refractivity (Wildman–Crippen MR) is 89.2 cm³/mol. The molecule has 0 bridgehead atoms. The van der Waals surface area contributed by atoms with Crippen molar-refractivity contribution in [1.29, 1.82) is 0 Å². The summed E-state index contributed by atoms with van der Waals surface area (Å²) in [6.07, 6.45) is 7.80. The summed E-state index contributed by atoms with van der Waals surface area (Å²) < 4.78 is 4.66. The van der Waals surface area contributed by atoms with Crippen LogP contribution in [0.2, 0.25) is 0 Å². The number of rotatable bonds is 3. The van der Waals surface area contributed by atoms with Gasteiger partial charge in [0.15, 0.2) is 0 Å². The van der Waals surface area contributed by atoms with Crippen LogP contribution in [0.1, 0.15) is 48.0 Å². The summed E-state index contributed by atoms with van der Waals surface area (Å²) >= 11 is 0. The van der Waals surface area contributed by atoms with Gasteiger partial charge in [0.2, 0.25) is 0 Å². The Bertz CT molecular complexity index is 524. The van der Waals surface area contributed by atoms with Crippen molar-refractivity contribution in [3.05, 3.63) is 23.3 Å². The highest BCUT2D eigenvalue weighted by Gasteiger charge is 2.14. The standard InChI is InChI=1S/C15H21N3O2.CH4O/c1-20-15(19)12-8-13(16)10(7-14(12)17)9-18-11-5-3-2-4-6-11;1-2/h7-9,11H,2-6,16-17H2,1H3;2H,1H3. The van der Waals surface area contributed by atoms with Crippen molar-refractivity contribution < 1.29 is 14.6 Å². The van der Waals surface area contributed by atoms with Crippen LogP contribution in [0.5, 0.6) is 0 Å². The van der Waals surface area contributed by atoms with Crippen LogP contribution < -0.4 is 11.5 Å². The molecule has 0 unspecified atom stereocenters. The van der Waals surface area contributed by atoms with Crippen LogP contribution in [0.25, 0.3) is 0 Å². The van der Waals surface area contributed by atoms with Gasteiger partial charge < -0.3 is 21.3 Å². The molecule has 0 spiro atoms. The summed E-state index contributed by atoms with van der Waals surface area (Å²) in [6.45, 7) is 0. The van der Waals surface area contributed by atoms with Gasteiger partial charge in [0.1, 0.15) is 0 Å². The Labute approximate surface area is 131 Å². The van der Waals surface area contributed by atoms with E-state index in [4.69, 9.17) is 16.6 Å². The first-order chi connectivity index (χ1) is 10.6. The number of ether oxygens (including phenoxy) is 1. The number of aliphatic hydroxyl groups excluding tert-OH is 1. The zero-order valence-electron chi connectivity index (χ0n) is 13.2. The van der Waals surface area contributed by atoms with E-state index in [0.717, 1.165) is 25.5 Å². The average Bonchev–Trinajstić information content (AvgIpc) is 2.57. The zero-order valence-corrected chi connectivity index (χ0v) is 13.2. The molecule has 1 aliphatic rings. The number of nitrogen functional groups attached to an aromatic ring is 2. The van der Waals surface area contributed by atoms with E-state index in [0.29, 0.717) is 23.0 Å². The molecule has 1 saturated carbocycles. The number of methoxy groups -OCH3 is 1. The van der Waals surface area contributed by atoms with Crippen molar-refractivity contribution in [3.8, 4) is 0 Å². The molecular weight excluding hydrogens is 282 g/mol. The molecule has 0 heterocycles. The molecule has 0 amide bonds. The van der Waals surface area contributed by atoms with E-state index in [1.54, 1.807) is 18.3 Å². The Morgan fingerprint density at radius 3 is 2.45 bits per heavy atom. The van der Waals surface area contributed by atoms with Gasteiger partial charge in [0, 0.05) is 36.3 Å². The summed E-state index contributed by atoms with van der Waals surface area (Å²) in [6, 6.07) is 3.60. The van der Waals surface area contributed by atoms with Crippen molar-refractivity contribution >= 4 is 23.6 Å². The third kappa shape index (κ3) is 4.73. The molecule has 1 fully saturated rings. The van der Waals surface area contributed by atoms with Crippen LogP contribution >= 0.6 is 0 Å². The van der Waals surface area contributed by atoms with Crippen molar-refractivity contribution in [1.82, 2.24) is 0 Å². The molecule has 22 heavy (non-hydrogen) atoms. The van der Waals surface area contributed by atoms with E-state index >= 15 is 0 Å². The largest absolute Gasteiger partial charge is 0.465 e. The summed E-state index contributed by atoms with van der Waals surface area (Å²) in [5.41, 5.74) is 13.7. The summed E-state index contributed by atoms with van der Waals surface area (Å²) in [7, 11) is 2.32. The highest BCUT2D eigenvalue weighted by Crippen LogP contribution is 2.23. The molecule has 1 aliphatic carbocycles. The van der Waals surface area contributed by atoms with Crippen LogP contribution in [0.15, 0.2) is 17.1 Å². The number of anilines is 2. The minimum atomic E-state index is -0.482. The maximum atomic E-state index is 11.5. The molecule has 0 aliphatic heterocycles. The van der Waals surface area contributed by atoms with E-state index in [1.165, 1.54) is 26.4 Å². The molecule has 1 aromatic rings. The van der Waals surface area contributed by atoms with E-state index in [-0.39, 0.29) is 0 Å². The van der Waals surface area contributed by atoms with Crippen molar-refractivity contribution in [3.63, 3.8) is 0 Å². The highest BCUT2D eigenvalue weighted by atomic mass is 16.5. The van der Waals surface area contributed by atoms with E-state index in [9.17, 15) is 4.79 Å². The lowest BCUT2D eigenvalue weighted by Crippen LogP contribution is -2.11. The predicted octanol–water partition coefficient (Wildman–Crippen LogP) is 2.00. The van der Waals surface area contributed by atoms with Gasteiger partial charge in [-0.15, -0.1) is 0 Å². The van der Waals surface area contributed by atoms with E-state index in [2.05, 4.69) is 9.73 Å². The lowest BCUT2D eigenvalue weighted by molar-refractivity contribution is 0.0602. The Morgan fingerprint density at radius 1 is 1.23 bits per heavy atom. The van der Waals surface area contributed by atoms with E-state index in [1.807, 2.05) is 0 Å². The van der Waals surface area contributed by atoms with Crippen molar-refractivity contribution in [2.45, 2.75) is 38.1 Å². The lowest BCUT2D eigenvalue weighted by atomic mass is 9.96. The van der Waals surface area contributed by atoms with Crippen LogP contribution in [-0.2, 0) is 4.74 Å². The molecule has 0 radical (unpaired) electrons. The van der Waals surface area contributed by atoms with Gasteiger partial charge in [-0.1, -0.05) is 19.3 Å². The van der Waals surface area contributed by atoms with Gasteiger partial charge >= 0.3 is 5.97 Å². The zero-order chi connectivity index (χ0) is 16.5. The number of carbonyl (C=O) groups is 1. The smallest absolute Gasteiger partial charge is 0.340 e. The molecule has 0 atom stereocenters. The number of carbonyl (C=O) groups excluding carboxylic acids is 1. The minimum absolute atomic E-state index is 0.291. The molecule has 122 valence electrons. The van der Waals surface area contributed by atoms with Crippen molar-refractivity contribution in [2.75, 3.05) is 25.7 Å². The number of esters is 1. The van der Waals surface area contributed by atoms with Gasteiger partial charge in [-0.25, -0.2) is 4.79 Å². The monoisotopic (exact) mass is 307 g/mol. The first-order valence-electron chi connectivity index (χ1n) is 7.37. The molecule has 1 aromatic carbocycles.